The number of non-ortho nitro benzene ring substituents is 2. The van der Waals surface area contributed by atoms with Gasteiger partial charge in [-0.05, 0) is 23.3 Å². The molecule has 2 heterocycles. The molecule has 5 rings (SSSR count). The quantitative estimate of drug-likeness (QED) is 0.180. The molecule has 38 heavy (non-hydrogen) atoms. The van der Waals surface area contributed by atoms with Crippen molar-refractivity contribution in [3.63, 3.8) is 0 Å². The van der Waals surface area contributed by atoms with Gasteiger partial charge in [-0.1, -0.05) is 36.4 Å². The number of hydrogen-bond donors (Lipinski definition) is 0. The van der Waals surface area contributed by atoms with Gasteiger partial charge in [0.2, 0.25) is 0 Å². The lowest BCUT2D eigenvalue weighted by atomic mass is 9.49. The van der Waals surface area contributed by atoms with Crippen molar-refractivity contribution in [2.75, 3.05) is 0 Å². The SMILES string of the molecule is O=C(c1cccc([N+](=O)[O-])c1)[C@@H]1[C@H](C(=O)c2cccc([N+](=O)[O-])c2)[C@@H](c2cccnc2)[C@H]1c1cccnc1. The highest BCUT2D eigenvalue weighted by Crippen LogP contribution is 2.59. The summed E-state index contributed by atoms with van der Waals surface area (Å²) in [5.41, 5.74) is 1.21. The number of pyridine rings is 2. The fraction of sp³-hybridized carbons (Fsp3) is 0.143. The lowest BCUT2D eigenvalue weighted by Crippen LogP contribution is -2.51. The van der Waals surface area contributed by atoms with E-state index in [1.54, 1.807) is 36.9 Å². The van der Waals surface area contributed by atoms with Gasteiger partial charge in [0.05, 0.1) is 9.85 Å². The zero-order valence-electron chi connectivity index (χ0n) is 19.8. The van der Waals surface area contributed by atoms with Crippen LogP contribution in [0.4, 0.5) is 11.4 Å². The van der Waals surface area contributed by atoms with Crippen molar-refractivity contribution in [1.82, 2.24) is 9.97 Å². The van der Waals surface area contributed by atoms with Crippen molar-refractivity contribution in [1.29, 1.82) is 0 Å². The Balaban J connectivity index is 1.65. The molecule has 188 valence electrons. The van der Waals surface area contributed by atoms with Gasteiger partial charge in [-0.25, -0.2) is 0 Å². The van der Waals surface area contributed by atoms with Crippen molar-refractivity contribution < 1.29 is 19.4 Å². The van der Waals surface area contributed by atoms with Gasteiger partial charge in [0.15, 0.2) is 11.6 Å². The van der Waals surface area contributed by atoms with Crippen LogP contribution < -0.4 is 0 Å². The van der Waals surface area contributed by atoms with E-state index >= 15 is 0 Å². The molecule has 4 atom stereocenters. The minimum absolute atomic E-state index is 0.111. The maximum atomic E-state index is 14.0. The number of nitrogens with zero attached hydrogens (tertiary/aromatic N) is 4. The first-order valence-corrected chi connectivity index (χ1v) is 11.7. The van der Waals surface area contributed by atoms with E-state index in [9.17, 15) is 29.8 Å². The van der Waals surface area contributed by atoms with Gasteiger partial charge < -0.3 is 0 Å². The van der Waals surface area contributed by atoms with Gasteiger partial charge in [-0.15, -0.1) is 0 Å². The van der Waals surface area contributed by atoms with Crippen LogP contribution in [-0.2, 0) is 0 Å². The molecule has 0 aliphatic heterocycles. The number of carbonyl (C=O) groups is 2. The summed E-state index contributed by atoms with van der Waals surface area (Å²) in [7, 11) is 0. The highest BCUT2D eigenvalue weighted by molar-refractivity contribution is 6.08. The Labute approximate surface area is 216 Å². The second-order valence-electron chi connectivity index (χ2n) is 9.02. The largest absolute Gasteiger partial charge is 0.294 e. The van der Waals surface area contributed by atoms with Crippen LogP contribution in [0.25, 0.3) is 0 Å². The van der Waals surface area contributed by atoms with Crippen molar-refractivity contribution in [2.45, 2.75) is 11.8 Å². The fourth-order valence-corrected chi connectivity index (χ4v) is 5.31. The topological polar surface area (TPSA) is 146 Å². The van der Waals surface area contributed by atoms with Crippen LogP contribution in [0, 0.1) is 32.1 Å². The smallest absolute Gasteiger partial charge is 0.270 e. The summed E-state index contributed by atoms with van der Waals surface area (Å²) in [6.45, 7) is 0. The molecule has 1 aliphatic carbocycles. The molecule has 0 spiro atoms. The van der Waals surface area contributed by atoms with E-state index in [-0.39, 0.29) is 22.5 Å². The predicted molar refractivity (Wildman–Crippen MR) is 136 cm³/mol. The minimum Gasteiger partial charge on any atom is -0.294 e. The number of nitro benzene ring substituents is 2. The highest BCUT2D eigenvalue weighted by Gasteiger charge is 2.58. The molecule has 2 aromatic heterocycles. The average molecular weight is 508 g/mol. The number of carbonyl (C=O) groups excluding carboxylic acids is 2. The second kappa shape index (κ2) is 10.1. The van der Waals surface area contributed by atoms with E-state index in [1.165, 1.54) is 48.5 Å². The van der Waals surface area contributed by atoms with Crippen LogP contribution >= 0.6 is 0 Å². The van der Waals surface area contributed by atoms with Crippen LogP contribution in [0.3, 0.4) is 0 Å². The van der Waals surface area contributed by atoms with E-state index in [0.717, 1.165) is 11.1 Å². The third kappa shape index (κ3) is 4.43. The van der Waals surface area contributed by atoms with Crippen LogP contribution in [0.1, 0.15) is 43.7 Å². The van der Waals surface area contributed by atoms with E-state index < -0.39 is 45.1 Å². The lowest BCUT2D eigenvalue weighted by Gasteiger charge is -2.51. The van der Waals surface area contributed by atoms with Crippen molar-refractivity contribution in [3.8, 4) is 0 Å². The third-order valence-corrected chi connectivity index (χ3v) is 6.97. The lowest BCUT2D eigenvalue weighted by molar-refractivity contribution is -0.385. The summed E-state index contributed by atoms with van der Waals surface area (Å²) in [6, 6.07) is 17.9. The summed E-state index contributed by atoms with van der Waals surface area (Å²) in [6.07, 6.45) is 6.47. The van der Waals surface area contributed by atoms with Crippen LogP contribution in [0.15, 0.2) is 97.6 Å². The Morgan fingerprint density at radius 3 is 1.39 bits per heavy atom. The molecule has 1 saturated carbocycles. The van der Waals surface area contributed by atoms with E-state index in [4.69, 9.17) is 0 Å². The molecule has 0 saturated heterocycles. The molecule has 0 radical (unpaired) electrons. The van der Waals surface area contributed by atoms with Crippen LogP contribution in [-0.4, -0.2) is 31.4 Å². The Bertz CT molecular complexity index is 1430. The molecule has 2 aromatic carbocycles. The molecule has 0 amide bonds. The van der Waals surface area contributed by atoms with Gasteiger partial charge >= 0.3 is 0 Å². The molecule has 0 N–H and O–H groups in total. The normalized spacial score (nSPS) is 20.2. The predicted octanol–water partition coefficient (Wildman–Crippen LogP) is 5.17. The summed E-state index contributed by atoms with van der Waals surface area (Å²) >= 11 is 0. The third-order valence-electron chi connectivity index (χ3n) is 6.97. The first-order valence-electron chi connectivity index (χ1n) is 11.7. The number of benzene rings is 2. The Morgan fingerprint density at radius 2 is 1.05 bits per heavy atom. The second-order valence-corrected chi connectivity index (χ2v) is 9.02. The molecule has 10 heteroatoms. The van der Waals surface area contributed by atoms with E-state index in [0.29, 0.717) is 0 Å². The fourth-order valence-electron chi connectivity index (χ4n) is 5.31. The number of aromatic nitrogens is 2. The monoisotopic (exact) mass is 508 g/mol. The molecule has 10 nitrogen and oxygen atoms in total. The molecule has 0 bridgehead atoms. The average Bonchev–Trinajstić information content (AvgIpc) is 2.93. The molecule has 4 aromatic rings. The Kier molecular flexibility index (Phi) is 6.53. The first-order chi connectivity index (χ1) is 18.4. The minimum atomic E-state index is -0.891. The van der Waals surface area contributed by atoms with E-state index in [1.807, 2.05) is 12.1 Å². The van der Waals surface area contributed by atoms with Gasteiger partial charge in [-0.2, -0.15) is 0 Å². The van der Waals surface area contributed by atoms with E-state index in [2.05, 4.69) is 9.97 Å². The molecule has 1 fully saturated rings. The molecular formula is C28H20N4O6. The number of nitro groups is 2. The van der Waals surface area contributed by atoms with Crippen molar-refractivity contribution >= 4 is 22.9 Å². The molecule has 0 unspecified atom stereocenters. The zero-order chi connectivity index (χ0) is 26.8. The number of hydrogen-bond acceptors (Lipinski definition) is 8. The summed E-state index contributed by atoms with van der Waals surface area (Å²) in [5.74, 6) is -3.59. The summed E-state index contributed by atoms with van der Waals surface area (Å²) in [4.78, 5) is 57.9. The first kappa shape index (κ1) is 24.6. The number of rotatable bonds is 8. The number of ketones is 2. The zero-order valence-corrected chi connectivity index (χ0v) is 19.8. The van der Waals surface area contributed by atoms with Gasteiger partial charge in [0, 0.05) is 83.9 Å². The van der Waals surface area contributed by atoms with Crippen LogP contribution in [0.2, 0.25) is 0 Å². The molecular weight excluding hydrogens is 488 g/mol. The molecule has 1 aliphatic rings. The van der Waals surface area contributed by atoms with Gasteiger partial charge in [-0.3, -0.25) is 39.8 Å². The van der Waals surface area contributed by atoms with Crippen LogP contribution in [0.5, 0.6) is 0 Å². The summed E-state index contributed by atoms with van der Waals surface area (Å²) < 4.78 is 0. The van der Waals surface area contributed by atoms with Crippen molar-refractivity contribution in [2.24, 2.45) is 11.8 Å². The Hall–Kier alpha value is -5.12. The van der Waals surface area contributed by atoms with Crippen molar-refractivity contribution in [3.05, 3.63) is 140 Å². The maximum Gasteiger partial charge on any atom is 0.270 e. The standard InChI is InChI=1S/C28H20N4O6/c33-27(17-5-1-9-21(13-17)31(35)36)25-23(19-7-3-11-29-15-19)24(20-8-4-12-30-16-20)26(25)28(34)18-6-2-10-22(14-18)32(37)38/h1-16,23-26H/t23-,24+,25+,26-. The highest BCUT2D eigenvalue weighted by atomic mass is 16.6. The number of Topliss-reactive ketones (excluding diaryl/α,β-unsaturated/α-hetero) is 2. The Morgan fingerprint density at radius 1 is 0.632 bits per heavy atom. The van der Waals surface area contributed by atoms with Gasteiger partial charge in [0.1, 0.15) is 0 Å². The van der Waals surface area contributed by atoms with Gasteiger partial charge in [0.25, 0.3) is 11.4 Å². The maximum absolute atomic E-state index is 14.0. The summed E-state index contributed by atoms with van der Waals surface area (Å²) in [5, 5.41) is 22.7.